The van der Waals surface area contributed by atoms with Crippen LogP contribution in [0.25, 0.3) is 0 Å². The number of aromatic carboxylic acids is 1. The molecule has 0 amide bonds. The molecule has 0 atom stereocenters. The van der Waals surface area contributed by atoms with Crippen molar-refractivity contribution in [3.05, 3.63) is 57.2 Å². The summed E-state index contributed by atoms with van der Waals surface area (Å²) in [6, 6.07) is 9.57. The number of carbonyl (C=O) groups is 1. The minimum Gasteiger partial charge on any atom is -0.478 e. The lowest BCUT2D eigenvalue weighted by Gasteiger charge is -2.12. The fourth-order valence-corrected chi connectivity index (χ4v) is 2.48. The van der Waals surface area contributed by atoms with E-state index in [-0.39, 0.29) is 5.56 Å². The fraction of sp³-hybridized carbons (Fsp3) is 0.200. The van der Waals surface area contributed by atoms with Gasteiger partial charge in [0.25, 0.3) is 0 Å². The molecule has 0 aliphatic carbocycles. The molecule has 0 aliphatic rings. The molecule has 0 unspecified atom stereocenters. The number of halogens is 1. The van der Waals surface area contributed by atoms with Crippen LogP contribution in [0.2, 0.25) is 0 Å². The normalized spacial score (nSPS) is 10.3. The summed E-state index contributed by atoms with van der Waals surface area (Å²) in [6.45, 7) is 4.14. The molecule has 0 radical (unpaired) electrons. The summed E-state index contributed by atoms with van der Waals surface area (Å²) in [4.78, 5) is 15.6. The van der Waals surface area contributed by atoms with E-state index in [2.05, 4.69) is 26.2 Å². The van der Waals surface area contributed by atoms with Crippen LogP contribution in [0.1, 0.15) is 27.2 Å². The van der Waals surface area contributed by atoms with Gasteiger partial charge in [0.15, 0.2) is 0 Å². The summed E-state index contributed by atoms with van der Waals surface area (Å²) in [5.74, 6) is -0.560. The molecule has 0 spiro atoms. The van der Waals surface area contributed by atoms with E-state index in [9.17, 15) is 9.90 Å². The Labute approximate surface area is 126 Å². The summed E-state index contributed by atoms with van der Waals surface area (Å²) >= 11 is 3.47. The van der Waals surface area contributed by atoms with Gasteiger partial charge in [-0.05, 0) is 37.1 Å². The van der Waals surface area contributed by atoms with Crippen molar-refractivity contribution in [2.45, 2.75) is 20.4 Å². The summed E-state index contributed by atoms with van der Waals surface area (Å²) in [7, 11) is 0. The lowest BCUT2D eigenvalue weighted by Crippen LogP contribution is -2.11. The first-order valence-electron chi connectivity index (χ1n) is 6.18. The van der Waals surface area contributed by atoms with Gasteiger partial charge in [0, 0.05) is 16.7 Å². The maximum absolute atomic E-state index is 11.3. The second-order valence-corrected chi connectivity index (χ2v) is 5.41. The minimum absolute atomic E-state index is 0.225. The van der Waals surface area contributed by atoms with E-state index < -0.39 is 5.97 Å². The number of rotatable bonds is 4. The van der Waals surface area contributed by atoms with Gasteiger partial charge in [-0.2, -0.15) is 0 Å². The van der Waals surface area contributed by atoms with Gasteiger partial charge in [-0.3, -0.25) is 0 Å². The molecule has 0 fully saturated rings. The van der Waals surface area contributed by atoms with Gasteiger partial charge in [-0.1, -0.05) is 34.1 Å². The van der Waals surface area contributed by atoms with E-state index in [0.29, 0.717) is 17.9 Å². The van der Waals surface area contributed by atoms with Crippen molar-refractivity contribution in [2.24, 2.45) is 0 Å². The molecule has 0 saturated carbocycles. The van der Waals surface area contributed by atoms with E-state index in [4.69, 9.17) is 0 Å². The maximum atomic E-state index is 11.3. The molecule has 0 bridgehead atoms. The van der Waals surface area contributed by atoms with E-state index in [0.717, 1.165) is 15.7 Å². The average molecular weight is 335 g/mol. The molecular weight excluding hydrogens is 320 g/mol. The molecular formula is C15H15BrN2O2. The van der Waals surface area contributed by atoms with Crippen molar-refractivity contribution >= 4 is 27.7 Å². The predicted molar refractivity (Wildman–Crippen MR) is 82.1 cm³/mol. The largest absolute Gasteiger partial charge is 0.478 e. The van der Waals surface area contributed by atoms with Crippen LogP contribution in [0.3, 0.4) is 0 Å². The van der Waals surface area contributed by atoms with E-state index in [1.54, 1.807) is 13.0 Å². The fourth-order valence-electron chi connectivity index (χ4n) is 2.06. The molecule has 1 aromatic heterocycles. The Morgan fingerprint density at radius 1 is 1.35 bits per heavy atom. The first-order valence-corrected chi connectivity index (χ1v) is 6.97. The second kappa shape index (κ2) is 6.05. The van der Waals surface area contributed by atoms with Crippen molar-refractivity contribution in [2.75, 3.05) is 5.32 Å². The smallest absolute Gasteiger partial charge is 0.339 e. The summed E-state index contributed by atoms with van der Waals surface area (Å²) < 4.78 is 0.980. The van der Waals surface area contributed by atoms with Crippen LogP contribution in [0, 0.1) is 13.8 Å². The van der Waals surface area contributed by atoms with Gasteiger partial charge in [-0.15, -0.1) is 0 Å². The van der Waals surface area contributed by atoms with E-state index >= 15 is 0 Å². The van der Waals surface area contributed by atoms with Crippen LogP contribution in [-0.4, -0.2) is 16.1 Å². The molecule has 1 aromatic carbocycles. The molecule has 4 nitrogen and oxygen atoms in total. The number of anilines is 1. The molecule has 104 valence electrons. The van der Waals surface area contributed by atoms with Crippen molar-refractivity contribution < 1.29 is 9.90 Å². The lowest BCUT2D eigenvalue weighted by atomic mass is 10.1. The Bertz CT molecular complexity index is 656. The molecule has 0 aliphatic heterocycles. The third-order valence-corrected chi connectivity index (χ3v) is 3.74. The number of carboxylic acid groups (broad SMARTS) is 1. The highest BCUT2D eigenvalue weighted by Crippen LogP contribution is 2.21. The molecule has 20 heavy (non-hydrogen) atoms. The Hall–Kier alpha value is -1.88. The predicted octanol–water partition coefficient (Wildman–Crippen LogP) is 3.77. The highest BCUT2D eigenvalue weighted by Gasteiger charge is 2.15. The monoisotopic (exact) mass is 334 g/mol. The third-order valence-electron chi connectivity index (χ3n) is 2.96. The van der Waals surface area contributed by atoms with Gasteiger partial charge in [0.1, 0.15) is 11.4 Å². The number of benzene rings is 1. The van der Waals surface area contributed by atoms with Gasteiger partial charge >= 0.3 is 5.97 Å². The van der Waals surface area contributed by atoms with Crippen LogP contribution in [-0.2, 0) is 6.54 Å². The van der Waals surface area contributed by atoms with Crippen LogP contribution in [0.4, 0.5) is 5.82 Å². The van der Waals surface area contributed by atoms with Crippen LogP contribution in [0.5, 0.6) is 0 Å². The zero-order valence-electron chi connectivity index (χ0n) is 11.3. The van der Waals surface area contributed by atoms with E-state index in [1.165, 1.54) is 0 Å². The topological polar surface area (TPSA) is 62.2 Å². The Kier molecular flexibility index (Phi) is 4.39. The standard InChI is InChI=1S/C15H15BrN2O2/c1-9-7-10(2)18-14(13(9)15(19)20)17-8-11-5-3-4-6-12(11)16/h3-7H,8H2,1-2H3,(H,17,18)(H,19,20). The highest BCUT2D eigenvalue weighted by atomic mass is 79.9. The zero-order valence-corrected chi connectivity index (χ0v) is 12.9. The van der Waals surface area contributed by atoms with Crippen molar-refractivity contribution in [1.29, 1.82) is 0 Å². The third kappa shape index (κ3) is 3.17. The molecule has 2 aromatic rings. The number of carboxylic acids is 1. The minimum atomic E-state index is -0.968. The first-order chi connectivity index (χ1) is 9.49. The number of pyridine rings is 1. The molecule has 0 saturated heterocycles. The van der Waals surface area contributed by atoms with Crippen molar-refractivity contribution in [1.82, 2.24) is 4.98 Å². The molecule has 1 heterocycles. The van der Waals surface area contributed by atoms with Crippen molar-refractivity contribution in [3.63, 3.8) is 0 Å². The number of aryl methyl sites for hydroxylation is 2. The lowest BCUT2D eigenvalue weighted by molar-refractivity contribution is 0.0697. The summed E-state index contributed by atoms with van der Waals surface area (Å²) in [5.41, 5.74) is 2.77. The second-order valence-electron chi connectivity index (χ2n) is 4.55. The summed E-state index contributed by atoms with van der Waals surface area (Å²) in [6.07, 6.45) is 0. The number of nitrogens with one attached hydrogen (secondary N) is 1. The number of hydrogen-bond donors (Lipinski definition) is 2. The van der Waals surface area contributed by atoms with Gasteiger partial charge in [0.05, 0.1) is 0 Å². The quantitative estimate of drug-likeness (QED) is 0.893. The van der Waals surface area contributed by atoms with Crippen LogP contribution >= 0.6 is 15.9 Å². The van der Waals surface area contributed by atoms with Crippen LogP contribution < -0.4 is 5.32 Å². The Morgan fingerprint density at radius 3 is 2.70 bits per heavy atom. The Balaban J connectivity index is 2.30. The molecule has 2 rings (SSSR count). The zero-order chi connectivity index (χ0) is 14.7. The van der Waals surface area contributed by atoms with E-state index in [1.807, 2.05) is 31.2 Å². The molecule has 2 N–H and O–H groups in total. The number of aromatic nitrogens is 1. The number of hydrogen-bond acceptors (Lipinski definition) is 3. The van der Waals surface area contributed by atoms with Gasteiger partial charge in [-0.25, -0.2) is 9.78 Å². The average Bonchev–Trinajstić information content (AvgIpc) is 2.36. The first kappa shape index (κ1) is 14.5. The highest BCUT2D eigenvalue weighted by molar-refractivity contribution is 9.10. The summed E-state index contributed by atoms with van der Waals surface area (Å²) in [5, 5.41) is 12.4. The maximum Gasteiger partial charge on any atom is 0.339 e. The van der Waals surface area contributed by atoms with Crippen molar-refractivity contribution in [3.8, 4) is 0 Å². The Morgan fingerprint density at radius 2 is 2.05 bits per heavy atom. The van der Waals surface area contributed by atoms with Crippen LogP contribution in [0.15, 0.2) is 34.8 Å². The molecule has 5 heteroatoms. The van der Waals surface area contributed by atoms with Gasteiger partial charge in [0.2, 0.25) is 0 Å². The van der Waals surface area contributed by atoms with Gasteiger partial charge < -0.3 is 10.4 Å². The SMILES string of the molecule is Cc1cc(C)c(C(=O)O)c(NCc2ccccc2Br)n1. The number of nitrogens with zero attached hydrogens (tertiary/aromatic N) is 1.